The summed E-state index contributed by atoms with van der Waals surface area (Å²) in [5, 5.41) is 11.5. The van der Waals surface area contributed by atoms with Crippen LogP contribution in [0.4, 0.5) is 0 Å². The first-order valence-electron chi connectivity index (χ1n) is 4.69. The van der Waals surface area contributed by atoms with Crippen molar-refractivity contribution in [3.63, 3.8) is 0 Å². The Morgan fingerprint density at radius 2 is 2.57 bits per heavy atom. The Labute approximate surface area is 87.3 Å². The fourth-order valence-corrected chi connectivity index (χ4v) is 2.49. The van der Waals surface area contributed by atoms with Gasteiger partial charge in [-0.15, -0.1) is 11.3 Å². The van der Waals surface area contributed by atoms with Crippen LogP contribution in [0.15, 0.2) is 5.38 Å². The number of ether oxygens (including phenoxy) is 1. The Kier molecular flexibility index (Phi) is 2.80. The van der Waals surface area contributed by atoms with Gasteiger partial charge in [0.25, 0.3) is 0 Å². The third kappa shape index (κ3) is 1.94. The Morgan fingerprint density at radius 3 is 3.14 bits per heavy atom. The number of thiazole rings is 1. The fraction of sp³-hybridized carbons (Fsp3) is 0.600. The minimum Gasteiger partial charge on any atom is -0.374 e. The van der Waals surface area contributed by atoms with Crippen molar-refractivity contribution in [2.75, 3.05) is 7.11 Å². The standard InChI is InChI=1S/C10H12N2OS/c1-13-9(7-2-3-7)10-12-8(4-5-11)6-14-10/h6-7,9H,2-4H2,1H3. The van der Waals surface area contributed by atoms with Crippen molar-refractivity contribution in [1.82, 2.24) is 4.98 Å². The highest BCUT2D eigenvalue weighted by molar-refractivity contribution is 7.09. The van der Waals surface area contributed by atoms with Crippen LogP contribution in [0.3, 0.4) is 0 Å². The van der Waals surface area contributed by atoms with Crippen molar-refractivity contribution in [3.8, 4) is 6.07 Å². The summed E-state index contributed by atoms with van der Waals surface area (Å²) in [5.74, 6) is 0.654. The molecule has 1 aromatic rings. The molecule has 0 bridgehead atoms. The molecule has 1 saturated carbocycles. The first-order valence-corrected chi connectivity index (χ1v) is 5.57. The van der Waals surface area contributed by atoms with Gasteiger partial charge in [0.2, 0.25) is 0 Å². The average Bonchev–Trinajstić information content (AvgIpc) is 2.90. The van der Waals surface area contributed by atoms with Crippen LogP contribution in [-0.2, 0) is 11.2 Å². The summed E-state index contributed by atoms with van der Waals surface area (Å²) in [6.07, 6.45) is 3.04. The summed E-state index contributed by atoms with van der Waals surface area (Å²) < 4.78 is 5.42. The molecule has 3 nitrogen and oxygen atoms in total. The quantitative estimate of drug-likeness (QED) is 0.762. The lowest BCUT2D eigenvalue weighted by molar-refractivity contribution is 0.0843. The number of hydrogen-bond donors (Lipinski definition) is 0. The van der Waals surface area contributed by atoms with Crippen molar-refractivity contribution in [2.45, 2.75) is 25.4 Å². The number of nitrogens with zero attached hydrogens (tertiary/aromatic N) is 2. The number of aromatic nitrogens is 1. The molecule has 74 valence electrons. The highest BCUT2D eigenvalue weighted by Crippen LogP contribution is 2.43. The van der Waals surface area contributed by atoms with E-state index in [0.717, 1.165) is 10.7 Å². The molecule has 1 fully saturated rings. The molecule has 1 unspecified atom stereocenters. The van der Waals surface area contributed by atoms with E-state index < -0.39 is 0 Å². The van der Waals surface area contributed by atoms with E-state index in [1.165, 1.54) is 12.8 Å². The van der Waals surface area contributed by atoms with Crippen molar-refractivity contribution in [2.24, 2.45) is 5.92 Å². The van der Waals surface area contributed by atoms with Gasteiger partial charge >= 0.3 is 0 Å². The van der Waals surface area contributed by atoms with Crippen LogP contribution in [-0.4, -0.2) is 12.1 Å². The largest absolute Gasteiger partial charge is 0.374 e. The molecular formula is C10H12N2OS. The van der Waals surface area contributed by atoms with Gasteiger partial charge < -0.3 is 4.74 Å². The second kappa shape index (κ2) is 4.07. The summed E-state index contributed by atoms with van der Waals surface area (Å²) >= 11 is 1.60. The minimum atomic E-state index is 0.160. The summed E-state index contributed by atoms with van der Waals surface area (Å²) in [5.41, 5.74) is 0.871. The van der Waals surface area contributed by atoms with Crippen molar-refractivity contribution >= 4 is 11.3 Å². The zero-order valence-electron chi connectivity index (χ0n) is 8.06. The molecule has 1 aliphatic rings. The monoisotopic (exact) mass is 208 g/mol. The third-order valence-corrected chi connectivity index (χ3v) is 3.33. The van der Waals surface area contributed by atoms with E-state index in [2.05, 4.69) is 11.1 Å². The van der Waals surface area contributed by atoms with Crippen molar-refractivity contribution in [3.05, 3.63) is 16.1 Å². The molecule has 4 heteroatoms. The van der Waals surface area contributed by atoms with Crippen LogP contribution >= 0.6 is 11.3 Å². The molecule has 1 atom stereocenters. The molecule has 0 saturated heterocycles. The lowest BCUT2D eigenvalue weighted by atomic mass is 10.2. The third-order valence-electron chi connectivity index (χ3n) is 2.38. The number of hydrogen-bond acceptors (Lipinski definition) is 4. The Balaban J connectivity index is 2.10. The molecule has 1 aliphatic carbocycles. The first kappa shape index (κ1) is 9.63. The van der Waals surface area contributed by atoms with Crippen LogP contribution in [0.1, 0.15) is 29.6 Å². The lowest BCUT2D eigenvalue weighted by Gasteiger charge is -2.10. The van der Waals surface area contributed by atoms with E-state index in [9.17, 15) is 0 Å². The van der Waals surface area contributed by atoms with E-state index >= 15 is 0 Å². The van der Waals surface area contributed by atoms with Gasteiger partial charge in [-0.25, -0.2) is 4.98 Å². The minimum absolute atomic E-state index is 0.160. The summed E-state index contributed by atoms with van der Waals surface area (Å²) in [6.45, 7) is 0. The second-order valence-corrected chi connectivity index (χ2v) is 4.40. The predicted molar refractivity (Wildman–Crippen MR) is 53.9 cm³/mol. The Bertz CT molecular complexity index is 351. The van der Waals surface area contributed by atoms with E-state index in [1.807, 2.05) is 5.38 Å². The molecule has 1 heterocycles. The van der Waals surface area contributed by atoms with Gasteiger partial charge in [0.15, 0.2) is 0 Å². The van der Waals surface area contributed by atoms with Crippen LogP contribution in [0.5, 0.6) is 0 Å². The van der Waals surface area contributed by atoms with Crippen molar-refractivity contribution in [1.29, 1.82) is 5.26 Å². The van der Waals surface area contributed by atoms with Crippen LogP contribution in [0.2, 0.25) is 0 Å². The van der Waals surface area contributed by atoms with Crippen LogP contribution in [0, 0.1) is 17.2 Å². The molecular weight excluding hydrogens is 196 g/mol. The van der Waals surface area contributed by atoms with Gasteiger partial charge in [-0.2, -0.15) is 5.26 Å². The highest BCUT2D eigenvalue weighted by atomic mass is 32.1. The molecule has 0 aromatic carbocycles. The second-order valence-electron chi connectivity index (χ2n) is 3.51. The first-order chi connectivity index (χ1) is 6.85. The molecule has 0 aliphatic heterocycles. The number of methoxy groups -OCH3 is 1. The van der Waals surface area contributed by atoms with Gasteiger partial charge in [-0.1, -0.05) is 0 Å². The summed E-state index contributed by atoms with van der Waals surface area (Å²) in [6, 6.07) is 2.10. The Morgan fingerprint density at radius 1 is 1.79 bits per heavy atom. The van der Waals surface area contributed by atoms with E-state index in [0.29, 0.717) is 12.3 Å². The SMILES string of the molecule is COC(c1nc(CC#N)cs1)C1CC1. The molecule has 0 radical (unpaired) electrons. The molecule has 0 spiro atoms. The Hall–Kier alpha value is -0.920. The molecule has 14 heavy (non-hydrogen) atoms. The van der Waals surface area contributed by atoms with Crippen molar-refractivity contribution < 1.29 is 4.74 Å². The van der Waals surface area contributed by atoms with E-state index in [4.69, 9.17) is 10.00 Å². The van der Waals surface area contributed by atoms with E-state index in [-0.39, 0.29) is 6.10 Å². The van der Waals surface area contributed by atoms with Gasteiger partial charge in [-0.05, 0) is 18.8 Å². The smallest absolute Gasteiger partial charge is 0.122 e. The van der Waals surface area contributed by atoms with Gasteiger partial charge in [0.1, 0.15) is 11.1 Å². The van der Waals surface area contributed by atoms with Gasteiger partial charge in [0.05, 0.1) is 18.2 Å². The maximum absolute atomic E-state index is 8.53. The molecule has 0 amide bonds. The molecule has 1 aromatic heterocycles. The average molecular weight is 208 g/mol. The zero-order chi connectivity index (χ0) is 9.97. The van der Waals surface area contributed by atoms with Gasteiger partial charge in [0, 0.05) is 12.5 Å². The maximum atomic E-state index is 8.53. The highest BCUT2D eigenvalue weighted by Gasteiger charge is 2.34. The fourth-order valence-electron chi connectivity index (χ4n) is 1.51. The normalized spacial score (nSPS) is 17.7. The van der Waals surface area contributed by atoms with E-state index in [1.54, 1.807) is 18.4 Å². The zero-order valence-corrected chi connectivity index (χ0v) is 8.88. The van der Waals surface area contributed by atoms with Gasteiger partial charge in [-0.3, -0.25) is 0 Å². The topological polar surface area (TPSA) is 45.9 Å². The molecule has 2 rings (SSSR count). The van der Waals surface area contributed by atoms with Crippen LogP contribution < -0.4 is 0 Å². The predicted octanol–water partition coefficient (Wildman–Crippen LogP) is 2.31. The number of rotatable bonds is 4. The van der Waals surface area contributed by atoms with Crippen LogP contribution in [0.25, 0.3) is 0 Å². The lowest BCUT2D eigenvalue weighted by Crippen LogP contribution is -2.03. The maximum Gasteiger partial charge on any atom is 0.122 e. The summed E-state index contributed by atoms with van der Waals surface area (Å²) in [7, 11) is 1.73. The molecule has 0 N–H and O–H groups in total. The number of nitriles is 1. The summed E-state index contributed by atoms with van der Waals surface area (Å²) in [4.78, 5) is 4.40.